The van der Waals surface area contributed by atoms with Gasteiger partial charge in [0.25, 0.3) is 5.91 Å². The van der Waals surface area contributed by atoms with Crippen LogP contribution < -0.4 is 10.1 Å². The van der Waals surface area contributed by atoms with Gasteiger partial charge < -0.3 is 10.1 Å². The molecule has 3 rings (SSSR count). The third kappa shape index (κ3) is 3.75. The van der Waals surface area contributed by atoms with E-state index in [4.69, 9.17) is 16.3 Å². The number of carbonyl (C=O) groups is 1. The van der Waals surface area contributed by atoms with Crippen molar-refractivity contribution in [1.82, 2.24) is 10.2 Å². The van der Waals surface area contributed by atoms with Crippen molar-refractivity contribution in [2.75, 3.05) is 11.9 Å². The number of halogens is 1. The molecule has 0 atom stereocenters. The Hall–Kier alpha value is -2.79. The number of ether oxygens (including phenoxy) is 1. The minimum Gasteiger partial charge on any atom is -0.494 e. The summed E-state index contributed by atoms with van der Waals surface area (Å²) in [6.45, 7) is 2.53. The predicted octanol–water partition coefficient (Wildman–Crippen LogP) is 4.38. The maximum Gasteiger partial charge on any atom is 0.273 e. The van der Waals surface area contributed by atoms with E-state index >= 15 is 0 Å². The van der Waals surface area contributed by atoms with Gasteiger partial charge in [0.1, 0.15) is 11.4 Å². The molecule has 0 aliphatic carbocycles. The zero-order chi connectivity index (χ0) is 16.9. The highest BCUT2D eigenvalue weighted by atomic mass is 35.5. The van der Waals surface area contributed by atoms with Crippen LogP contribution in [0, 0.1) is 0 Å². The highest BCUT2D eigenvalue weighted by Gasteiger charge is 2.11. The third-order valence-electron chi connectivity index (χ3n) is 3.37. The van der Waals surface area contributed by atoms with Gasteiger partial charge in [-0.15, -0.1) is 0 Å². The molecule has 0 unspecified atom stereocenters. The fourth-order valence-corrected chi connectivity index (χ4v) is 2.42. The third-order valence-corrected chi connectivity index (χ3v) is 3.60. The van der Waals surface area contributed by atoms with E-state index in [1.807, 2.05) is 31.2 Å². The summed E-state index contributed by atoms with van der Waals surface area (Å²) in [5.74, 6) is 0.500. The van der Waals surface area contributed by atoms with Crippen LogP contribution in [0.3, 0.4) is 0 Å². The molecule has 1 heterocycles. The molecular weight excluding hydrogens is 326 g/mol. The molecule has 6 heteroatoms. The number of H-pyrrole nitrogens is 1. The average molecular weight is 342 g/mol. The predicted molar refractivity (Wildman–Crippen MR) is 94.6 cm³/mol. The van der Waals surface area contributed by atoms with Gasteiger partial charge in [0, 0.05) is 16.3 Å². The molecule has 24 heavy (non-hydrogen) atoms. The summed E-state index contributed by atoms with van der Waals surface area (Å²) in [4.78, 5) is 12.3. The zero-order valence-corrected chi connectivity index (χ0v) is 13.8. The van der Waals surface area contributed by atoms with Crippen LogP contribution in [0.15, 0.2) is 54.6 Å². The maximum absolute atomic E-state index is 12.3. The molecule has 122 valence electrons. The topological polar surface area (TPSA) is 67.0 Å². The van der Waals surface area contributed by atoms with Crippen LogP contribution in [0.1, 0.15) is 17.4 Å². The smallest absolute Gasteiger partial charge is 0.273 e. The molecular formula is C18H16ClN3O2. The van der Waals surface area contributed by atoms with E-state index in [-0.39, 0.29) is 5.91 Å². The first kappa shape index (κ1) is 16.1. The van der Waals surface area contributed by atoms with Gasteiger partial charge in [-0.2, -0.15) is 5.10 Å². The summed E-state index contributed by atoms with van der Waals surface area (Å²) < 4.78 is 5.37. The lowest BCUT2D eigenvalue weighted by atomic mass is 10.1. The monoisotopic (exact) mass is 341 g/mol. The first-order valence-corrected chi connectivity index (χ1v) is 7.89. The Balaban J connectivity index is 1.71. The molecule has 0 bridgehead atoms. The molecule has 2 aromatic carbocycles. The van der Waals surface area contributed by atoms with Gasteiger partial charge in [-0.1, -0.05) is 23.7 Å². The van der Waals surface area contributed by atoms with Crippen molar-refractivity contribution in [2.45, 2.75) is 6.92 Å². The Labute approximate surface area is 144 Å². The van der Waals surface area contributed by atoms with E-state index in [0.717, 1.165) is 11.3 Å². The van der Waals surface area contributed by atoms with E-state index in [1.54, 1.807) is 30.3 Å². The molecule has 0 saturated heterocycles. The first-order chi connectivity index (χ1) is 11.7. The van der Waals surface area contributed by atoms with Gasteiger partial charge in [-0.25, -0.2) is 0 Å². The minimum absolute atomic E-state index is 0.264. The summed E-state index contributed by atoms with van der Waals surface area (Å²) in [5, 5.41) is 10.3. The van der Waals surface area contributed by atoms with Crippen molar-refractivity contribution in [2.24, 2.45) is 0 Å². The van der Waals surface area contributed by atoms with Crippen LogP contribution in [0.25, 0.3) is 11.3 Å². The number of nitrogens with zero attached hydrogens (tertiary/aromatic N) is 1. The highest BCUT2D eigenvalue weighted by Crippen LogP contribution is 2.22. The highest BCUT2D eigenvalue weighted by molar-refractivity contribution is 6.30. The van der Waals surface area contributed by atoms with Crippen LogP contribution in [0.4, 0.5) is 5.69 Å². The second-order valence-electron chi connectivity index (χ2n) is 5.09. The summed E-state index contributed by atoms with van der Waals surface area (Å²) in [7, 11) is 0. The second kappa shape index (κ2) is 7.19. The van der Waals surface area contributed by atoms with Crippen molar-refractivity contribution < 1.29 is 9.53 Å². The lowest BCUT2D eigenvalue weighted by Gasteiger charge is -2.06. The van der Waals surface area contributed by atoms with Crippen molar-refractivity contribution in [3.8, 4) is 17.0 Å². The molecule has 1 amide bonds. The zero-order valence-electron chi connectivity index (χ0n) is 13.0. The van der Waals surface area contributed by atoms with Crippen LogP contribution in [0.5, 0.6) is 5.75 Å². The van der Waals surface area contributed by atoms with Crippen molar-refractivity contribution in [1.29, 1.82) is 0 Å². The van der Waals surface area contributed by atoms with E-state index in [1.165, 1.54) is 0 Å². The van der Waals surface area contributed by atoms with Gasteiger partial charge in [0.2, 0.25) is 0 Å². The first-order valence-electron chi connectivity index (χ1n) is 7.51. The Morgan fingerprint density at radius 2 is 2.00 bits per heavy atom. The minimum atomic E-state index is -0.264. The van der Waals surface area contributed by atoms with Crippen LogP contribution in [0.2, 0.25) is 5.02 Å². The molecule has 3 aromatic rings. The number of hydrogen-bond donors (Lipinski definition) is 2. The average Bonchev–Trinajstić information content (AvgIpc) is 3.07. The van der Waals surface area contributed by atoms with Gasteiger partial charge in [0.05, 0.1) is 12.3 Å². The maximum atomic E-state index is 12.3. The second-order valence-corrected chi connectivity index (χ2v) is 5.53. The lowest BCUT2D eigenvalue weighted by Crippen LogP contribution is -2.12. The summed E-state index contributed by atoms with van der Waals surface area (Å²) >= 11 is 5.98. The molecule has 0 fully saturated rings. The van der Waals surface area contributed by atoms with Crippen LogP contribution in [-0.4, -0.2) is 22.7 Å². The Kier molecular flexibility index (Phi) is 4.82. The number of amides is 1. The molecule has 2 N–H and O–H groups in total. The summed E-state index contributed by atoms with van der Waals surface area (Å²) in [6.07, 6.45) is 0. The normalized spacial score (nSPS) is 10.4. The number of aromatic nitrogens is 2. The standard InChI is InChI=1S/C18H16ClN3O2/c1-2-24-15-8-6-14(7-9-15)20-18(23)17-11-16(21-22-17)12-4-3-5-13(19)10-12/h3-11H,2H2,1H3,(H,20,23)(H,21,22). The fourth-order valence-electron chi connectivity index (χ4n) is 2.23. The van der Waals surface area contributed by atoms with Crippen molar-refractivity contribution in [3.05, 3.63) is 65.3 Å². The van der Waals surface area contributed by atoms with Gasteiger partial charge in [-0.3, -0.25) is 9.89 Å². The lowest BCUT2D eigenvalue weighted by molar-refractivity contribution is 0.102. The van der Waals surface area contributed by atoms with Crippen LogP contribution >= 0.6 is 11.6 Å². The Morgan fingerprint density at radius 3 is 2.71 bits per heavy atom. The Bertz CT molecular complexity index is 843. The number of carbonyl (C=O) groups excluding carboxylic acids is 1. The molecule has 0 aliphatic rings. The van der Waals surface area contributed by atoms with Crippen molar-refractivity contribution in [3.63, 3.8) is 0 Å². The van der Waals surface area contributed by atoms with Gasteiger partial charge >= 0.3 is 0 Å². The van der Waals surface area contributed by atoms with Gasteiger partial charge in [0.15, 0.2) is 0 Å². The molecule has 0 saturated carbocycles. The Morgan fingerprint density at radius 1 is 1.21 bits per heavy atom. The number of rotatable bonds is 5. The fraction of sp³-hybridized carbons (Fsp3) is 0.111. The SMILES string of the molecule is CCOc1ccc(NC(=O)c2cc(-c3cccc(Cl)c3)n[nH]2)cc1. The largest absolute Gasteiger partial charge is 0.494 e. The molecule has 0 spiro atoms. The van der Waals surface area contributed by atoms with Crippen molar-refractivity contribution >= 4 is 23.2 Å². The molecule has 1 aromatic heterocycles. The number of benzene rings is 2. The van der Waals surface area contributed by atoms with E-state index < -0.39 is 0 Å². The summed E-state index contributed by atoms with van der Waals surface area (Å²) in [5.41, 5.74) is 2.56. The quantitative estimate of drug-likeness (QED) is 0.723. The van der Waals surface area contributed by atoms with Gasteiger partial charge in [-0.05, 0) is 49.4 Å². The molecule has 5 nitrogen and oxygen atoms in total. The number of aromatic amines is 1. The van der Waals surface area contributed by atoms with E-state index in [9.17, 15) is 4.79 Å². The van der Waals surface area contributed by atoms with Crippen LogP contribution in [-0.2, 0) is 0 Å². The number of anilines is 1. The number of nitrogens with one attached hydrogen (secondary N) is 2. The molecule has 0 aliphatic heterocycles. The summed E-state index contributed by atoms with van der Waals surface area (Å²) in [6, 6.07) is 16.2. The van der Waals surface area contributed by atoms with E-state index in [2.05, 4.69) is 15.5 Å². The van der Waals surface area contributed by atoms with E-state index in [0.29, 0.717) is 28.7 Å². The molecule has 0 radical (unpaired) electrons. The number of hydrogen-bond acceptors (Lipinski definition) is 3.